The van der Waals surface area contributed by atoms with Gasteiger partial charge in [-0.2, -0.15) is 0 Å². The summed E-state index contributed by atoms with van der Waals surface area (Å²) in [4.78, 5) is 12.1. The maximum Gasteiger partial charge on any atom is 0.255 e. The Balaban J connectivity index is 1.90. The fourth-order valence-corrected chi connectivity index (χ4v) is 2.31. The number of hydrogen-bond acceptors (Lipinski definition) is 4. The fourth-order valence-electron chi connectivity index (χ4n) is 2.31. The standard InChI is InChI=1S/C18H18N4O2/c1-2-10-19-18(24)15-11-14(8-9-17(15)23)22-12-16(20-21-22)13-6-4-3-5-7-13/h3-9,11-12,23H,2,10H2,1H3,(H,19,24). The first-order valence-electron chi connectivity index (χ1n) is 7.78. The largest absolute Gasteiger partial charge is 0.507 e. The van der Waals surface area contributed by atoms with Crippen molar-refractivity contribution in [3.63, 3.8) is 0 Å². The van der Waals surface area contributed by atoms with E-state index in [1.165, 1.54) is 6.07 Å². The summed E-state index contributed by atoms with van der Waals surface area (Å²) >= 11 is 0. The number of amides is 1. The predicted molar refractivity (Wildman–Crippen MR) is 91.1 cm³/mol. The molecule has 2 aromatic carbocycles. The highest BCUT2D eigenvalue weighted by atomic mass is 16.3. The van der Waals surface area contributed by atoms with Crippen molar-refractivity contribution >= 4 is 5.91 Å². The van der Waals surface area contributed by atoms with Crippen LogP contribution in [0.2, 0.25) is 0 Å². The molecule has 1 heterocycles. The summed E-state index contributed by atoms with van der Waals surface area (Å²) in [5.41, 5.74) is 2.57. The molecule has 0 fully saturated rings. The molecule has 0 bridgehead atoms. The number of nitrogens with one attached hydrogen (secondary N) is 1. The highest BCUT2D eigenvalue weighted by Gasteiger charge is 2.13. The molecule has 3 rings (SSSR count). The lowest BCUT2D eigenvalue weighted by molar-refractivity contribution is 0.0951. The smallest absolute Gasteiger partial charge is 0.255 e. The summed E-state index contributed by atoms with van der Waals surface area (Å²) in [5.74, 6) is -0.365. The predicted octanol–water partition coefficient (Wildman–Crippen LogP) is 2.78. The van der Waals surface area contributed by atoms with Gasteiger partial charge in [-0.05, 0) is 24.6 Å². The van der Waals surface area contributed by atoms with Gasteiger partial charge in [0.15, 0.2) is 0 Å². The number of rotatable bonds is 5. The van der Waals surface area contributed by atoms with Crippen molar-refractivity contribution in [1.29, 1.82) is 0 Å². The SMILES string of the molecule is CCCNC(=O)c1cc(-n2cc(-c3ccccc3)nn2)ccc1O. The third-order valence-corrected chi connectivity index (χ3v) is 3.59. The number of aromatic nitrogens is 3. The van der Waals surface area contributed by atoms with Gasteiger partial charge in [0.1, 0.15) is 11.4 Å². The van der Waals surface area contributed by atoms with Gasteiger partial charge >= 0.3 is 0 Å². The second-order valence-electron chi connectivity index (χ2n) is 5.37. The van der Waals surface area contributed by atoms with E-state index in [4.69, 9.17) is 0 Å². The van der Waals surface area contributed by atoms with E-state index in [-0.39, 0.29) is 17.2 Å². The number of phenols is 1. The summed E-state index contributed by atoms with van der Waals surface area (Å²) < 4.78 is 1.58. The number of aromatic hydroxyl groups is 1. The van der Waals surface area contributed by atoms with Crippen molar-refractivity contribution in [2.45, 2.75) is 13.3 Å². The number of hydrogen-bond donors (Lipinski definition) is 2. The van der Waals surface area contributed by atoms with Crippen molar-refractivity contribution in [3.05, 3.63) is 60.3 Å². The van der Waals surface area contributed by atoms with Crippen LogP contribution in [0.3, 0.4) is 0 Å². The molecule has 0 aliphatic rings. The minimum absolute atomic E-state index is 0.0595. The molecular formula is C18H18N4O2. The van der Waals surface area contributed by atoms with Crippen molar-refractivity contribution in [2.75, 3.05) is 6.54 Å². The van der Waals surface area contributed by atoms with Crippen LogP contribution in [0, 0.1) is 0 Å². The minimum atomic E-state index is -0.306. The molecule has 1 aromatic heterocycles. The van der Waals surface area contributed by atoms with E-state index >= 15 is 0 Å². The maximum absolute atomic E-state index is 12.1. The first kappa shape index (κ1) is 15.7. The Kier molecular flexibility index (Phi) is 4.56. The van der Waals surface area contributed by atoms with E-state index in [1.54, 1.807) is 23.0 Å². The first-order valence-corrected chi connectivity index (χ1v) is 7.78. The normalized spacial score (nSPS) is 10.5. The Morgan fingerprint density at radius 1 is 1.21 bits per heavy atom. The lowest BCUT2D eigenvalue weighted by Gasteiger charge is -2.08. The zero-order chi connectivity index (χ0) is 16.9. The van der Waals surface area contributed by atoms with Crippen LogP contribution in [-0.2, 0) is 0 Å². The Morgan fingerprint density at radius 3 is 2.75 bits per heavy atom. The topological polar surface area (TPSA) is 80.0 Å². The fraction of sp³-hybridized carbons (Fsp3) is 0.167. The molecule has 6 heteroatoms. The summed E-state index contributed by atoms with van der Waals surface area (Å²) in [6.45, 7) is 2.53. The number of carbonyl (C=O) groups excluding carboxylic acids is 1. The van der Waals surface area contributed by atoms with Gasteiger partial charge in [-0.15, -0.1) is 5.10 Å². The molecule has 0 spiro atoms. The van der Waals surface area contributed by atoms with Gasteiger partial charge in [-0.25, -0.2) is 4.68 Å². The molecule has 0 aliphatic carbocycles. The molecule has 0 saturated heterocycles. The molecule has 1 amide bonds. The van der Waals surface area contributed by atoms with Crippen molar-refractivity contribution in [2.24, 2.45) is 0 Å². The van der Waals surface area contributed by atoms with Gasteiger partial charge in [0, 0.05) is 12.1 Å². The Bertz CT molecular complexity index is 843. The molecule has 0 atom stereocenters. The highest BCUT2D eigenvalue weighted by Crippen LogP contribution is 2.22. The third-order valence-electron chi connectivity index (χ3n) is 3.59. The van der Waals surface area contributed by atoms with Gasteiger partial charge in [-0.1, -0.05) is 42.5 Å². The Hall–Kier alpha value is -3.15. The van der Waals surface area contributed by atoms with Crippen molar-refractivity contribution < 1.29 is 9.90 Å². The van der Waals surface area contributed by atoms with Crippen LogP contribution in [0.25, 0.3) is 16.9 Å². The van der Waals surface area contributed by atoms with Crippen LogP contribution >= 0.6 is 0 Å². The number of carbonyl (C=O) groups is 1. The summed E-state index contributed by atoms with van der Waals surface area (Å²) in [6, 6.07) is 14.5. The Morgan fingerprint density at radius 2 is 2.00 bits per heavy atom. The van der Waals surface area contributed by atoms with Gasteiger partial charge in [0.25, 0.3) is 5.91 Å². The molecule has 0 radical (unpaired) electrons. The molecule has 0 aliphatic heterocycles. The second kappa shape index (κ2) is 6.95. The zero-order valence-corrected chi connectivity index (χ0v) is 13.3. The quantitative estimate of drug-likeness (QED) is 0.757. The van der Waals surface area contributed by atoms with Gasteiger partial charge in [0.2, 0.25) is 0 Å². The lowest BCUT2D eigenvalue weighted by atomic mass is 10.1. The monoisotopic (exact) mass is 322 g/mol. The van der Waals surface area contributed by atoms with Crippen molar-refractivity contribution in [3.8, 4) is 22.7 Å². The van der Waals surface area contributed by atoms with E-state index in [0.717, 1.165) is 17.7 Å². The molecular weight excluding hydrogens is 304 g/mol. The average molecular weight is 322 g/mol. The van der Waals surface area contributed by atoms with Crippen LogP contribution < -0.4 is 5.32 Å². The summed E-state index contributed by atoms with van der Waals surface area (Å²) in [7, 11) is 0. The molecule has 3 aromatic rings. The third kappa shape index (κ3) is 3.27. The molecule has 6 nitrogen and oxygen atoms in total. The number of benzene rings is 2. The van der Waals surface area contributed by atoms with E-state index < -0.39 is 0 Å². The summed E-state index contributed by atoms with van der Waals surface area (Å²) in [5, 5.41) is 21.0. The number of phenolic OH excluding ortho intramolecular Hbond substituents is 1. The minimum Gasteiger partial charge on any atom is -0.507 e. The lowest BCUT2D eigenvalue weighted by Crippen LogP contribution is -2.24. The van der Waals surface area contributed by atoms with Crippen LogP contribution in [0.5, 0.6) is 5.75 Å². The van der Waals surface area contributed by atoms with Crippen LogP contribution in [0.1, 0.15) is 23.7 Å². The zero-order valence-electron chi connectivity index (χ0n) is 13.3. The van der Waals surface area contributed by atoms with E-state index in [2.05, 4.69) is 15.6 Å². The maximum atomic E-state index is 12.1. The van der Waals surface area contributed by atoms with Crippen LogP contribution in [-0.4, -0.2) is 32.6 Å². The molecule has 0 unspecified atom stereocenters. The van der Waals surface area contributed by atoms with E-state index in [1.807, 2.05) is 37.3 Å². The average Bonchev–Trinajstić information content (AvgIpc) is 3.11. The molecule has 0 saturated carbocycles. The molecule has 122 valence electrons. The molecule has 2 N–H and O–H groups in total. The van der Waals surface area contributed by atoms with Gasteiger partial charge in [-0.3, -0.25) is 4.79 Å². The second-order valence-corrected chi connectivity index (χ2v) is 5.37. The summed E-state index contributed by atoms with van der Waals surface area (Å²) in [6.07, 6.45) is 2.62. The van der Waals surface area contributed by atoms with Crippen LogP contribution in [0.4, 0.5) is 0 Å². The van der Waals surface area contributed by atoms with Crippen LogP contribution in [0.15, 0.2) is 54.7 Å². The molecule has 24 heavy (non-hydrogen) atoms. The van der Waals surface area contributed by atoms with Gasteiger partial charge in [0.05, 0.1) is 17.4 Å². The van der Waals surface area contributed by atoms with E-state index in [9.17, 15) is 9.90 Å². The first-order chi connectivity index (χ1) is 11.7. The van der Waals surface area contributed by atoms with E-state index in [0.29, 0.717) is 12.2 Å². The number of nitrogens with zero attached hydrogens (tertiary/aromatic N) is 3. The highest BCUT2D eigenvalue weighted by molar-refractivity contribution is 5.97. The Labute approximate surface area is 139 Å². The van der Waals surface area contributed by atoms with Crippen molar-refractivity contribution in [1.82, 2.24) is 20.3 Å². The van der Waals surface area contributed by atoms with Gasteiger partial charge < -0.3 is 10.4 Å².